The number of Topliss-reactive ketones (excluding diaryl/α,β-unsaturated/α-hetero) is 1. The van der Waals surface area contributed by atoms with Gasteiger partial charge in [-0.05, 0) is 77.7 Å². The fourth-order valence-corrected chi connectivity index (χ4v) is 8.41. The van der Waals surface area contributed by atoms with Crippen molar-refractivity contribution in [1.29, 1.82) is 0 Å². The van der Waals surface area contributed by atoms with Crippen molar-refractivity contribution >= 4 is 5.78 Å². The minimum Gasteiger partial charge on any atom is -0.384 e. The van der Waals surface area contributed by atoms with Crippen LogP contribution in [-0.2, 0) is 61.6 Å². The van der Waals surface area contributed by atoms with Gasteiger partial charge in [0.1, 0.15) is 79.0 Å². The van der Waals surface area contributed by atoms with Gasteiger partial charge >= 0.3 is 0 Å². The molecule has 0 heterocycles. The maximum Gasteiger partial charge on any atom is 0.143 e. The summed E-state index contributed by atoms with van der Waals surface area (Å²) in [6.45, 7) is 20.1. The van der Waals surface area contributed by atoms with E-state index in [1.807, 2.05) is 19.0 Å². The molecule has 3 aliphatic carbocycles. The molecule has 15 nitrogen and oxygen atoms in total. The van der Waals surface area contributed by atoms with E-state index in [1.165, 1.54) is 13.0 Å². The molecule has 3 rings (SSSR count). The molecule has 0 N–H and O–H groups in total. The number of carbonyl (C=O) groups is 1. The second kappa shape index (κ2) is 33.6. The van der Waals surface area contributed by atoms with Crippen LogP contribution < -0.4 is 0 Å². The quantitative estimate of drug-likeness (QED) is 0.186. The maximum absolute atomic E-state index is 10.2. The molecular weight excluding hydrogens is 776 g/mol. The van der Waals surface area contributed by atoms with E-state index < -0.39 is 73.2 Å². The number of nitrogens with zero attached hydrogens (tertiary/aromatic N) is 2. The molecule has 15 heteroatoms. The highest BCUT2D eigenvalue weighted by molar-refractivity contribution is 5.77. The Labute approximate surface area is 367 Å². The maximum atomic E-state index is 10.2. The highest BCUT2D eigenvalue weighted by Gasteiger charge is 2.58. The van der Waals surface area contributed by atoms with Crippen molar-refractivity contribution in [3.05, 3.63) is 0 Å². The summed E-state index contributed by atoms with van der Waals surface area (Å²) in [5.41, 5.74) is 0. The summed E-state index contributed by atoms with van der Waals surface area (Å²) in [4.78, 5) is 14.2. The number of likely N-dealkylation sites (N-methyl/N-ethyl adjacent to an activating group) is 1. The van der Waals surface area contributed by atoms with E-state index in [0.29, 0.717) is 12.5 Å². The van der Waals surface area contributed by atoms with Crippen LogP contribution in [0.4, 0.5) is 0 Å². The molecule has 0 aromatic heterocycles. The van der Waals surface area contributed by atoms with Crippen LogP contribution in [0, 0.1) is 29.6 Å². The van der Waals surface area contributed by atoms with Crippen molar-refractivity contribution in [2.75, 3.05) is 126 Å². The molecule has 8 unspecified atom stereocenters. The van der Waals surface area contributed by atoms with Crippen LogP contribution in [0.1, 0.15) is 61.8 Å². The van der Waals surface area contributed by atoms with Crippen molar-refractivity contribution in [1.82, 2.24) is 9.80 Å². The lowest BCUT2D eigenvalue weighted by Crippen LogP contribution is -2.71. The zero-order valence-corrected chi connectivity index (χ0v) is 42.3. The Balaban J connectivity index is 0. The summed E-state index contributed by atoms with van der Waals surface area (Å²) < 4.78 is 69.5. The molecule has 0 aliphatic heterocycles. The fourth-order valence-electron chi connectivity index (χ4n) is 8.41. The minimum atomic E-state index is -0.615. The van der Waals surface area contributed by atoms with Gasteiger partial charge in [0, 0.05) is 84.8 Å². The first-order valence-electron chi connectivity index (χ1n) is 21.5. The molecule has 0 spiro atoms. The lowest BCUT2D eigenvalue weighted by molar-refractivity contribution is -0.310. The first-order chi connectivity index (χ1) is 28.3. The Hall–Kier alpha value is -0.890. The van der Waals surface area contributed by atoms with Crippen molar-refractivity contribution in [3.63, 3.8) is 0 Å². The summed E-state index contributed by atoms with van der Waals surface area (Å²) in [5, 5.41) is 0. The highest BCUT2D eigenvalue weighted by atomic mass is 16.6. The van der Waals surface area contributed by atoms with E-state index in [1.54, 1.807) is 85.1 Å². The van der Waals surface area contributed by atoms with Crippen LogP contribution in [0.25, 0.3) is 0 Å². The molecule has 0 radical (unpaired) electrons. The number of ether oxygens (including phenoxy) is 12. The SMILES string of the molecule is CC(=O)CN(C)C.CC1C(C)C(C)C1C.CCCN(C)C.COC1C(OC)C(OC)C(OC2C(OC)C(OC)C(OC)C(OC)C2OC)C(OC)C1OC.COCC(C)C. The number of methoxy groups -OCH3 is 11. The van der Waals surface area contributed by atoms with Crippen LogP contribution in [0.2, 0.25) is 0 Å². The van der Waals surface area contributed by atoms with Crippen molar-refractivity contribution in [3.8, 4) is 0 Å². The number of carbonyl (C=O) groups excluding carboxylic acids is 1. The summed E-state index contributed by atoms with van der Waals surface area (Å²) in [6.07, 6.45) is -4.89. The molecule has 0 amide bonds. The van der Waals surface area contributed by atoms with Crippen LogP contribution in [0.3, 0.4) is 0 Å². The minimum absolute atomic E-state index is 0.213. The van der Waals surface area contributed by atoms with Gasteiger partial charge in [-0.3, -0.25) is 4.79 Å². The topological polar surface area (TPSA) is 134 Å². The lowest BCUT2D eigenvalue weighted by atomic mass is 9.60. The Bertz CT molecular complexity index is 915. The molecule has 3 fully saturated rings. The summed E-state index contributed by atoms with van der Waals surface area (Å²) >= 11 is 0. The predicted octanol–water partition coefficient (Wildman–Crippen LogP) is 4.85. The van der Waals surface area contributed by atoms with E-state index in [9.17, 15) is 4.79 Å². The molecule has 0 aromatic carbocycles. The van der Waals surface area contributed by atoms with Gasteiger partial charge in [-0.2, -0.15) is 0 Å². The molecule has 3 saturated carbocycles. The molecule has 0 saturated heterocycles. The summed E-state index contributed by atoms with van der Waals surface area (Å²) in [6, 6.07) is 0. The van der Waals surface area contributed by atoms with Crippen LogP contribution in [0.15, 0.2) is 0 Å². The first-order valence-corrected chi connectivity index (χ1v) is 21.5. The van der Waals surface area contributed by atoms with E-state index >= 15 is 0 Å². The van der Waals surface area contributed by atoms with Gasteiger partial charge in [0.15, 0.2) is 0 Å². The molecule has 3 aliphatic rings. The molecule has 60 heavy (non-hydrogen) atoms. The molecular formula is C45H94N2O13. The number of hydrogen-bond donors (Lipinski definition) is 0. The number of rotatable bonds is 18. The van der Waals surface area contributed by atoms with Crippen molar-refractivity contribution in [2.45, 2.75) is 135 Å². The summed E-state index contributed by atoms with van der Waals surface area (Å²) in [7, 11) is 25.6. The highest BCUT2D eigenvalue weighted by Crippen LogP contribution is 2.44. The smallest absolute Gasteiger partial charge is 0.143 e. The third-order valence-corrected chi connectivity index (χ3v) is 11.9. The Morgan fingerprint density at radius 1 is 0.450 bits per heavy atom. The average Bonchev–Trinajstić information content (AvgIpc) is 3.21. The van der Waals surface area contributed by atoms with Gasteiger partial charge in [-0.15, -0.1) is 0 Å². The summed E-state index contributed by atoms with van der Waals surface area (Å²) in [5.74, 6) is 4.80. The van der Waals surface area contributed by atoms with Gasteiger partial charge in [0.25, 0.3) is 0 Å². The normalized spacial score (nSPS) is 34.8. The Morgan fingerprint density at radius 3 is 0.767 bits per heavy atom. The molecule has 0 aromatic rings. The molecule has 362 valence electrons. The first kappa shape index (κ1) is 61.2. The lowest BCUT2D eigenvalue weighted by Gasteiger charge is -2.52. The second-order valence-electron chi connectivity index (χ2n) is 17.1. The van der Waals surface area contributed by atoms with Crippen molar-refractivity contribution < 1.29 is 61.6 Å². The van der Waals surface area contributed by atoms with E-state index in [2.05, 4.69) is 67.5 Å². The fraction of sp³-hybridized carbons (Fsp3) is 0.978. The third-order valence-electron chi connectivity index (χ3n) is 11.9. The largest absolute Gasteiger partial charge is 0.384 e. The molecule has 0 bridgehead atoms. The zero-order valence-electron chi connectivity index (χ0n) is 42.3. The molecule has 8 atom stereocenters. The van der Waals surface area contributed by atoms with Gasteiger partial charge < -0.3 is 66.6 Å². The van der Waals surface area contributed by atoms with E-state index in [4.69, 9.17) is 56.8 Å². The third kappa shape index (κ3) is 19.1. The van der Waals surface area contributed by atoms with Crippen LogP contribution in [-0.4, -0.2) is 215 Å². The Morgan fingerprint density at radius 2 is 0.683 bits per heavy atom. The predicted molar refractivity (Wildman–Crippen MR) is 238 cm³/mol. The van der Waals surface area contributed by atoms with E-state index in [0.717, 1.165) is 30.3 Å². The van der Waals surface area contributed by atoms with Gasteiger partial charge in [-0.1, -0.05) is 48.5 Å². The second-order valence-corrected chi connectivity index (χ2v) is 17.1. The Kier molecular flexibility index (Phi) is 34.3. The number of hydrogen-bond acceptors (Lipinski definition) is 15. The van der Waals surface area contributed by atoms with Crippen LogP contribution >= 0.6 is 0 Å². The van der Waals surface area contributed by atoms with Crippen LogP contribution in [0.5, 0.6) is 0 Å². The standard InChI is InChI=1S/C22H42O11.C8H16.C5H11NO.C5H13N.C5H12O/c1-23-11-13(25-3)17(29-7)21(18(30-8)14(11)26-4)33-22-19(31-9)15(27-5)12(24-2)16(28-6)20(22)32-10;1-5-6(2)8(4)7(5)3;1-5(7)4-6(2)3;1-4-5-6(2)3;1-5(2)4-6-3/h11-22H,1-10H3;5-8H,1-4H3;4H2,1-3H3;4-5H2,1-3H3;5H,4H2,1-3H3. The zero-order chi connectivity index (χ0) is 46.9. The monoisotopic (exact) mass is 871 g/mol. The number of ketones is 1. The van der Waals surface area contributed by atoms with Gasteiger partial charge in [0.2, 0.25) is 0 Å². The van der Waals surface area contributed by atoms with Gasteiger partial charge in [0.05, 0.1) is 6.54 Å². The van der Waals surface area contributed by atoms with Gasteiger partial charge in [-0.25, -0.2) is 0 Å². The average molecular weight is 871 g/mol. The van der Waals surface area contributed by atoms with E-state index in [-0.39, 0.29) is 5.78 Å². The van der Waals surface area contributed by atoms with Crippen molar-refractivity contribution in [2.24, 2.45) is 29.6 Å².